The minimum atomic E-state index is -3.79. The van der Waals surface area contributed by atoms with Gasteiger partial charge in [-0.2, -0.15) is 0 Å². The molecule has 2 aromatic heterocycles. The number of thiophene rings is 1. The van der Waals surface area contributed by atoms with Crippen LogP contribution >= 0.6 is 22.7 Å². The Morgan fingerprint density at radius 1 is 1.25 bits per heavy atom. The number of carbonyl (C=O) groups excluding carboxylic acids is 1. The fourth-order valence-electron chi connectivity index (χ4n) is 2.00. The van der Waals surface area contributed by atoms with Crippen molar-refractivity contribution in [2.45, 2.75) is 10.6 Å². The number of benzene rings is 1. The highest BCUT2D eigenvalue weighted by Crippen LogP contribution is 2.23. The molecule has 6 nitrogen and oxygen atoms in total. The Balaban J connectivity index is 1.68. The van der Waals surface area contributed by atoms with Crippen LogP contribution in [0.2, 0.25) is 0 Å². The van der Waals surface area contributed by atoms with Crippen molar-refractivity contribution in [2.24, 2.45) is 5.14 Å². The van der Waals surface area contributed by atoms with Crippen molar-refractivity contribution in [2.75, 3.05) is 5.32 Å². The number of nitrogens with two attached hydrogens (primary N) is 1. The smallest absolute Gasteiger partial charge is 0.258 e. The molecule has 1 aromatic carbocycles. The molecule has 0 aliphatic carbocycles. The molecule has 0 atom stereocenters. The molecular formula is C15H13N3O3S3. The summed E-state index contributed by atoms with van der Waals surface area (Å²) < 4.78 is 22.5. The fraction of sp³-hybridized carbons (Fsp3) is 0.0667. The monoisotopic (exact) mass is 379 g/mol. The quantitative estimate of drug-likeness (QED) is 0.711. The van der Waals surface area contributed by atoms with Crippen LogP contribution in [0, 0.1) is 0 Å². The van der Waals surface area contributed by atoms with Crippen LogP contribution in [-0.2, 0) is 16.4 Å². The molecule has 0 spiro atoms. The average molecular weight is 379 g/mol. The Bertz CT molecular complexity index is 962. The van der Waals surface area contributed by atoms with E-state index in [9.17, 15) is 13.2 Å². The van der Waals surface area contributed by atoms with Gasteiger partial charge in [-0.25, -0.2) is 18.5 Å². The van der Waals surface area contributed by atoms with Crippen molar-refractivity contribution < 1.29 is 13.2 Å². The van der Waals surface area contributed by atoms with Crippen molar-refractivity contribution in [3.05, 3.63) is 64.0 Å². The summed E-state index contributed by atoms with van der Waals surface area (Å²) in [6.07, 6.45) is 2.46. The second kappa shape index (κ2) is 6.81. The number of nitrogens with zero attached hydrogens (tertiary/aromatic N) is 1. The molecule has 9 heteroatoms. The molecule has 0 aliphatic rings. The zero-order valence-electron chi connectivity index (χ0n) is 12.3. The van der Waals surface area contributed by atoms with Gasteiger partial charge in [-0.3, -0.25) is 10.1 Å². The lowest BCUT2D eigenvalue weighted by Gasteiger charge is -1.98. The van der Waals surface area contributed by atoms with E-state index in [2.05, 4.69) is 10.3 Å². The summed E-state index contributed by atoms with van der Waals surface area (Å²) in [6, 6.07) is 11.2. The summed E-state index contributed by atoms with van der Waals surface area (Å²) in [6.45, 7) is 0. The maximum atomic E-state index is 12.1. The number of aromatic nitrogens is 1. The van der Waals surface area contributed by atoms with Gasteiger partial charge in [0.1, 0.15) is 4.21 Å². The lowest BCUT2D eigenvalue weighted by Crippen LogP contribution is -2.12. The number of amides is 1. The van der Waals surface area contributed by atoms with E-state index >= 15 is 0 Å². The highest BCUT2D eigenvalue weighted by atomic mass is 32.2. The first-order valence-electron chi connectivity index (χ1n) is 6.83. The average Bonchev–Trinajstić information content (AvgIpc) is 3.17. The van der Waals surface area contributed by atoms with E-state index in [1.165, 1.54) is 22.8 Å². The Labute approximate surface area is 147 Å². The lowest BCUT2D eigenvalue weighted by atomic mass is 10.1. The molecule has 24 heavy (non-hydrogen) atoms. The van der Waals surface area contributed by atoms with Gasteiger partial charge in [-0.15, -0.1) is 22.7 Å². The van der Waals surface area contributed by atoms with Gasteiger partial charge < -0.3 is 0 Å². The predicted octanol–water partition coefficient (Wildman–Crippen LogP) is 2.70. The summed E-state index contributed by atoms with van der Waals surface area (Å²) in [7, 11) is -3.79. The largest absolute Gasteiger partial charge is 0.298 e. The molecule has 0 radical (unpaired) electrons. The summed E-state index contributed by atoms with van der Waals surface area (Å²) in [4.78, 5) is 17.3. The predicted molar refractivity (Wildman–Crippen MR) is 95.0 cm³/mol. The molecule has 0 saturated carbocycles. The molecule has 1 amide bonds. The molecule has 0 saturated heterocycles. The minimum Gasteiger partial charge on any atom is -0.298 e. The standard InChI is InChI=1S/C15H13N3O3S3/c16-24(20,21)13-7-11(9-22-13)14(19)18-15-17-8-12(23-15)6-10-4-2-1-3-5-10/h1-5,7-9H,6H2,(H2,16,20,21)(H,17,18,19). The van der Waals surface area contributed by atoms with Gasteiger partial charge in [-0.05, 0) is 11.6 Å². The maximum absolute atomic E-state index is 12.1. The minimum absolute atomic E-state index is 0.0449. The molecule has 3 N–H and O–H groups in total. The number of carbonyl (C=O) groups is 1. The lowest BCUT2D eigenvalue weighted by molar-refractivity contribution is 0.102. The zero-order valence-corrected chi connectivity index (χ0v) is 14.7. The molecule has 2 heterocycles. The molecule has 3 rings (SSSR count). The van der Waals surface area contributed by atoms with Crippen LogP contribution in [0.4, 0.5) is 5.13 Å². The van der Waals surface area contributed by atoms with Crippen LogP contribution in [0.1, 0.15) is 20.8 Å². The van der Waals surface area contributed by atoms with E-state index in [1.807, 2.05) is 30.3 Å². The summed E-state index contributed by atoms with van der Waals surface area (Å²) >= 11 is 2.29. The van der Waals surface area contributed by atoms with Crippen molar-refractivity contribution in [3.8, 4) is 0 Å². The first-order valence-corrected chi connectivity index (χ1v) is 10.1. The van der Waals surface area contributed by atoms with Gasteiger partial charge in [0, 0.05) is 22.9 Å². The van der Waals surface area contributed by atoms with E-state index in [-0.39, 0.29) is 9.77 Å². The third-order valence-electron chi connectivity index (χ3n) is 3.11. The van der Waals surface area contributed by atoms with Crippen LogP contribution in [-0.4, -0.2) is 19.3 Å². The van der Waals surface area contributed by atoms with Gasteiger partial charge in [0.25, 0.3) is 5.91 Å². The number of sulfonamides is 1. The van der Waals surface area contributed by atoms with Gasteiger partial charge >= 0.3 is 0 Å². The van der Waals surface area contributed by atoms with Crippen LogP contribution in [0.3, 0.4) is 0 Å². The zero-order chi connectivity index (χ0) is 17.2. The van der Waals surface area contributed by atoms with Gasteiger partial charge in [0.05, 0.1) is 5.56 Å². The molecule has 0 fully saturated rings. The van der Waals surface area contributed by atoms with Crippen molar-refractivity contribution >= 4 is 43.7 Å². The van der Waals surface area contributed by atoms with Crippen LogP contribution in [0.25, 0.3) is 0 Å². The number of hydrogen-bond acceptors (Lipinski definition) is 6. The van der Waals surface area contributed by atoms with Crippen molar-refractivity contribution in [1.82, 2.24) is 4.98 Å². The highest BCUT2D eigenvalue weighted by Gasteiger charge is 2.16. The highest BCUT2D eigenvalue weighted by molar-refractivity contribution is 7.91. The van der Waals surface area contributed by atoms with Crippen LogP contribution < -0.4 is 10.5 Å². The van der Waals surface area contributed by atoms with Crippen molar-refractivity contribution in [3.63, 3.8) is 0 Å². The van der Waals surface area contributed by atoms with E-state index in [4.69, 9.17) is 5.14 Å². The Kier molecular flexibility index (Phi) is 4.76. The van der Waals surface area contributed by atoms with E-state index < -0.39 is 15.9 Å². The van der Waals surface area contributed by atoms with Crippen LogP contribution in [0.5, 0.6) is 0 Å². The summed E-state index contributed by atoms with van der Waals surface area (Å²) in [5.74, 6) is -0.415. The Hall–Kier alpha value is -2.07. The number of anilines is 1. The topological polar surface area (TPSA) is 102 Å². The fourth-order valence-corrected chi connectivity index (χ4v) is 4.43. The molecule has 124 valence electrons. The van der Waals surface area contributed by atoms with Gasteiger partial charge in [0.2, 0.25) is 10.0 Å². The van der Waals surface area contributed by atoms with E-state index in [1.54, 1.807) is 6.20 Å². The van der Waals surface area contributed by atoms with E-state index in [0.717, 1.165) is 28.2 Å². The number of nitrogens with one attached hydrogen (secondary N) is 1. The number of rotatable bonds is 5. The molecule has 3 aromatic rings. The second-order valence-corrected chi connectivity index (χ2v) is 8.76. The Morgan fingerprint density at radius 3 is 2.67 bits per heavy atom. The number of thiazole rings is 1. The number of primary sulfonamides is 1. The molecule has 0 aliphatic heterocycles. The first kappa shape index (κ1) is 16.8. The van der Waals surface area contributed by atoms with Crippen LogP contribution in [0.15, 0.2) is 52.2 Å². The van der Waals surface area contributed by atoms with Crippen molar-refractivity contribution in [1.29, 1.82) is 0 Å². The Morgan fingerprint density at radius 2 is 2.00 bits per heavy atom. The van der Waals surface area contributed by atoms with E-state index in [0.29, 0.717) is 5.13 Å². The molecule has 0 unspecified atom stereocenters. The number of hydrogen-bond donors (Lipinski definition) is 2. The van der Waals surface area contributed by atoms with Gasteiger partial charge in [-0.1, -0.05) is 30.3 Å². The molecular weight excluding hydrogens is 366 g/mol. The third kappa shape index (κ3) is 4.06. The molecule has 0 bridgehead atoms. The normalized spacial score (nSPS) is 11.4. The van der Waals surface area contributed by atoms with Gasteiger partial charge in [0.15, 0.2) is 5.13 Å². The summed E-state index contributed by atoms with van der Waals surface area (Å²) in [5, 5.41) is 9.63. The SMILES string of the molecule is NS(=O)(=O)c1cc(C(=O)Nc2ncc(Cc3ccccc3)s2)cs1. The summed E-state index contributed by atoms with van der Waals surface area (Å²) in [5.41, 5.74) is 1.40. The maximum Gasteiger partial charge on any atom is 0.258 e. The second-order valence-electron chi connectivity index (χ2n) is 4.95. The first-order chi connectivity index (χ1) is 11.4. The third-order valence-corrected chi connectivity index (χ3v) is 6.41.